The summed E-state index contributed by atoms with van der Waals surface area (Å²) in [6, 6.07) is 5.44. The summed E-state index contributed by atoms with van der Waals surface area (Å²) in [7, 11) is 0. The molecule has 1 atom stereocenters. The maximum Gasteiger partial charge on any atom is 0.407 e. The van der Waals surface area contributed by atoms with Crippen LogP contribution in [0.4, 0.5) is 10.7 Å². The van der Waals surface area contributed by atoms with E-state index < -0.39 is 6.09 Å². The van der Waals surface area contributed by atoms with Gasteiger partial charge in [-0.05, 0) is 37.3 Å². The van der Waals surface area contributed by atoms with Crippen molar-refractivity contribution in [2.24, 2.45) is 5.92 Å². The van der Waals surface area contributed by atoms with E-state index in [0.717, 1.165) is 24.8 Å². The molecule has 2 N–H and O–H groups in total. The Hall–Kier alpha value is -2.90. The molecule has 136 valence electrons. The summed E-state index contributed by atoms with van der Waals surface area (Å²) in [5, 5.41) is 12.5. The number of hydrogen-bond acceptors (Lipinski definition) is 5. The molecule has 1 saturated heterocycles. The second kappa shape index (κ2) is 6.78. The van der Waals surface area contributed by atoms with Gasteiger partial charge in [0.2, 0.25) is 5.95 Å². The number of carboxylic acid groups (broad SMARTS) is 1. The van der Waals surface area contributed by atoms with E-state index in [9.17, 15) is 9.59 Å². The summed E-state index contributed by atoms with van der Waals surface area (Å²) in [5.74, 6) is 0.988. The van der Waals surface area contributed by atoms with Crippen molar-refractivity contribution in [3.8, 4) is 11.3 Å². The molecule has 1 amide bonds. The molecule has 4 heterocycles. The van der Waals surface area contributed by atoms with Gasteiger partial charge in [0.25, 0.3) is 5.56 Å². The Morgan fingerprint density at radius 2 is 1.88 bits per heavy atom. The molecule has 2 aliphatic heterocycles. The third-order valence-electron chi connectivity index (χ3n) is 5.34. The number of aromatic nitrogens is 3. The van der Waals surface area contributed by atoms with E-state index in [1.165, 1.54) is 4.90 Å². The van der Waals surface area contributed by atoms with Crippen molar-refractivity contribution in [3.63, 3.8) is 0 Å². The number of anilines is 1. The van der Waals surface area contributed by atoms with Crippen molar-refractivity contribution in [2.45, 2.75) is 31.8 Å². The predicted octanol–water partition coefficient (Wildman–Crippen LogP) is 1.88. The van der Waals surface area contributed by atoms with Gasteiger partial charge < -0.3 is 15.3 Å². The predicted molar refractivity (Wildman–Crippen MR) is 96.1 cm³/mol. The SMILES string of the molecule is O=C(O)N1CCC(C2CCn3c(nc(-c4ccncc4)cc3=O)N2)CC1. The zero-order chi connectivity index (χ0) is 18.1. The summed E-state index contributed by atoms with van der Waals surface area (Å²) in [6.45, 7) is 1.76. The molecule has 8 nitrogen and oxygen atoms in total. The van der Waals surface area contributed by atoms with E-state index in [1.807, 2.05) is 12.1 Å². The van der Waals surface area contributed by atoms with Gasteiger partial charge in [0, 0.05) is 49.7 Å². The molecule has 2 aromatic rings. The third kappa shape index (κ3) is 3.14. The highest BCUT2D eigenvalue weighted by atomic mass is 16.4. The highest BCUT2D eigenvalue weighted by molar-refractivity contribution is 5.65. The van der Waals surface area contributed by atoms with E-state index in [0.29, 0.717) is 37.2 Å². The molecular formula is C18H21N5O3. The second-order valence-corrected chi connectivity index (χ2v) is 6.84. The topological polar surface area (TPSA) is 100 Å². The molecule has 0 bridgehead atoms. The average molecular weight is 355 g/mol. The fraction of sp³-hybridized carbons (Fsp3) is 0.444. The van der Waals surface area contributed by atoms with Gasteiger partial charge in [0.05, 0.1) is 5.69 Å². The minimum atomic E-state index is -0.847. The molecule has 4 rings (SSSR count). The first-order chi connectivity index (χ1) is 12.6. The molecule has 8 heteroatoms. The van der Waals surface area contributed by atoms with Gasteiger partial charge in [-0.2, -0.15) is 0 Å². The lowest BCUT2D eigenvalue weighted by Gasteiger charge is -2.37. The number of fused-ring (bicyclic) bond motifs is 1. The maximum atomic E-state index is 12.5. The first-order valence-corrected chi connectivity index (χ1v) is 8.88. The van der Waals surface area contributed by atoms with Crippen molar-refractivity contribution in [2.75, 3.05) is 18.4 Å². The Bertz CT molecular complexity index is 859. The number of nitrogens with zero attached hydrogens (tertiary/aromatic N) is 4. The Morgan fingerprint density at radius 3 is 2.58 bits per heavy atom. The number of piperidine rings is 1. The van der Waals surface area contributed by atoms with Gasteiger partial charge in [-0.3, -0.25) is 14.3 Å². The van der Waals surface area contributed by atoms with Gasteiger partial charge in [-0.1, -0.05) is 0 Å². The quantitative estimate of drug-likeness (QED) is 0.853. The number of hydrogen-bond donors (Lipinski definition) is 2. The molecule has 0 saturated carbocycles. The second-order valence-electron chi connectivity index (χ2n) is 6.84. The zero-order valence-corrected chi connectivity index (χ0v) is 14.3. The van der Waals surface area contributed by atoms with Gasteiger partial charge in [-0.15, -0.1) is 0 Å². The Kier molecular flexibility index (Phi) is 4.32. The highest BCUT2D eigenvalue weighted by Gasteiger charge is 2.31. The Balaban J connectivity index is 1.54. The summed E-state index contributed by atoms with van der Waals surface area (Å²) < 4.78 is 1.67. The first-order valence-electron chi connectivity index (χ1n) is 8.88. The lowest BCUT2D eigenvalue weighted by molar-refractivity contribution is 0.119. The molecule has 1 fully saturated rings. The van der Waals surface area contributed by atoms with Crippen molar-refractivity contribution in [1.29, 1.82) is 0 Å². The van der Waals surface area contributed by atoms with E-state index in [-0.39, 0.29) is 11.6 Å². The van der Waals surface area contributed by atoms with Crippen molar-refractivity contribution in [1.82, 2.24) is 19.4 Å². The molecular weight excluding hydrogens is 334 g/mol. The molecule has 26 heavy (non-hydrogen) atoms. The standard InChI is InChI=1S/C18H21N5O3/c24-16-11-15(12-1-6-19-7-2-12)21-17-20-14(5-10-23(16)17)13-3-8-22(9-4-13)18(25)26/h1-2,6-7,11,13-14H,3-5,8-10H2,(H,20,21)(H,25,26). The van der Waals surface area contributed by atoms with Gasteiger partial charge in [0.15, 0.2) is 0 Å². The lowest BCUT2D eigenvalue weighted by atomic mass is 9.87. The van der Waals surface area contributed by atoms with Crippen LogP contribution >= 0.6 is 0 Å². The molecule has 0 aliphatic carbocycles. The molecule has 0 aromatic carbocycles. The van der Waals surface area contributed by atoms with Gasteiger partial charge in [-0.25, -0.2) is 9.78 Å². The number of rotatable bonds is 2. The first kappa shape index (κ1) is 16.6. The van der Waals surface area contributed by atoms with E-state index in [4.69, 9.17) is 5.11 Å². The minimum Gasteiger partial charge on any atom is -0.465 e. The van der Waals surface area contributed by atoms with Crippen molar-refractivity contribution < 1.29 is 9.90 Å². The van der Waals surface area contributed by atoms with Crippen LogP contribution in [0.2, 0.25) is 0 Å². The van der Waals surface area contributed by atoms with E-state index in [2.05, 4.69) is 15.3 Å². The van der Waals surface area contributed by atoms with Crippen LogP contribution in [-0.4, -0.2) is 49.8 Å². The van der Waals surface area contributed by atoms with E-state index >= 15 is 0 Å². The maximum absolute atomic E-state index is 12.5. The zero-order valence-electron chi connectivity index (χ0n) is 14.3. The monoisotopic (exact) mass is 355 g/mol. The molecule has 1 unspecified atom stereocenters. The normalized spacial score (nSPS) is 20.3. The third-order valence-corrected chi connectivity index (χ3v) is 5.34. The Morgan fingerprint density at radius 1 is 1.15 bits per heavy atom. The number of pyridine rings is 1. The number of amides is 1. The van der Waals surface area contributed by atoms with Crippen LogP contribution in [0.25, 0.3) is 11.3 Å². The summed E-state index contributed by atoms with van der Waals surface area (Å²) >= 11 is 0. The average Bonchev–Trinajstić information content (AvgIpc) is 2.68. The van der Waals surface area contributed by atoms with Crippen LogP contribution in [0.15, 0.2) is 35.4 Å². The fourth-order valence-electron chi connectivity index (χ4n) is 3.86. The highest BCUT2D eigenvalue weighted by Crippen LogP contribution is 2.28. The smallest absolute Gasteiger partial charge is 0.407 e. The fourth-order valence-corrected chi connectivity index (χ4v) is 3.86. The van der Waals surface area contributed by atoms with Crippen LogP contribution in [0, 0.1) is 5.92 Å². The summed E-state index contributed by atoms with van der Waals surface area (Å²) in [5.41, 5.74) is 1.44. The largest absolute Gasteiger partial charge is 0.465 e. The van der Waals surface area contributed by atoms with Crippen LogP contribution in [-0.2, 0) is 6.54 Å². The number of nitrogens with one attached hydrogen (secondary N) is 1. The number of carbonyl (C=O) groups is 1. The van der Waals surface area contributed by atoms with Crippen LogP contribution in [0.3, 0.4) is 0 Å². The molecule has 0 spiro atoms. The van der Waals surface area contributed by atoms with Crippen molar-refractivity contribution >= 4 is 12.0 Å². The van der Waals surface area contributed by atoms with Gasteiger partial charge >= 0.3 is 6.09 Å². The van der Waals surface area contributed by atoms with Gasteiger partial charge in [0.1, 0.15) is 0 Å². The molecule has 0 radical (unpaired) electrons. The molecule has 2 aliphatic rings. The Labute approximate surface area is 150 Å². The van der Waals surface area contributed by atoms with Crippen molar-refractivity contribution in [3.05, 3.63) is 40.9 Å². The molecule has 2 aromatic heterocycles. The van der Waals surface area contributed by atoms with E-state index in [1.54, 1.807) is 23.0 Å². The minimum absolute atomic E-state index is 0.0616. The number of likely N-dealkylation sites (tertiary alicyclic amines) is 1. The summed E-state index contributed by atoms with van der Waals surface area (Å²) in [6.07, 6.45) is 5.03. The van der Waals surface area contributed by atoms with Crippen LogP contribution in [0.5, 0.6) is 0 Å². The lowest BCUT2D eigenvalue weighted by Crippen LogP contribution is -2.45. The van der Waals surface area contributed by atoms with Crippen LogP contribution in [0.1, 0.15) is 19.3 Å². The summed E-state index contributed by atoms with van der Waals surface area (Å²) in [4.78, 5) is 33.6. The van der Waals surface area contributed by atoms with Crippen LogP contribution < -0.4 is 10.9 Å².